The lowest BCUT2D eigenvalue weighted by Gasteiger charge is -2.37. The van der Waals surface area contributed by atoms with Crippen LogP contribution in [0.5, 0.6) is 0 Å². The largest absolute Gasteiger partial charge is 0.455 e. The zero-order valence-corrected chi connectivity index (χ0v) is 15.8. The number of hydrogen-bond acceptors (Lipinski definition) is 6. The zero-order chi connectivity index (χ0) is 18.4. The molecule has 0 radical (unpaired) electrons. The maximum Gasteiger partial charge on any atom is 0.205 e. The lowest BCUT2D eigenvalue weighted by molar-refractivity contribution is -0.119. The van der Waals surface area contributed by atoms with Gasteiger partial charge in [-0.1, -0.05) is 32.5 Å². The molecule has 25 heavy (non-hydrogen) atoms. The van der Waals surface area contributed by atoms with E-state index in [0.717, 1.165) is 22.2 Å². The molecular formula is C19H22N2O3S. The average Bonchev–Trinajstić information content (AvgIpc) is 2.85. The Bertz CT molecular complexity index is 839. The van der Waals surface area contributed by atoms with Crippen LogP contribution in [0.2, 0.25) is 0 Å². The van der Waals surface area contributed by atoms with Gasteiger partial charge in [0.2, 0.25) is 5.88 Å². The molecule has 2 aliphatic rings. The molecule has 2 heterocycles. The summed E-state index contributed by atoms with van der Waals surface area (Å²) in [5.41, 5.74) is 7.53. The SMILES string of the molecule is CCSc1oc(C)cc1[C@@H]1C(C#N)=C(N)OC2=C1C(=O)CC(C)(C)C2. The van der Waals surface area contributed by atoms with Gasteiger partial charge in [-0.15, -0.1) is 0 Å². The molecule has 0 spiro atoms. The van der Waals surface area contributed by atoms with Crippen molar-refractivity contribution >= 4 is 17.5 Å². The number of rotatable bonds is 3. The predicted molar refractivity (Wildman–Crippen MR) is 95.5 cm³/mol. The molecule has 0 amide bonds. The van der Waals surface area contributed by atoms with Crippen molar-refractivity contribution in [3.8, 4) is 6.07 Å². The Balaban J connectivity index is 2.20. The van der Waals surface area contributed by atoms with E-state index in [1.165, 1.54) is 0 Å². The highest BCUT2D eigenvalue weighted by Crippen LogP contribution is 2.49. The third kappa shape index (κ3) is 3.09. The molecule has 0 bridgehead atoms. The third-order valence-corrected chi connectivity index (χ3v) is 5.38. The fourth-order valence-corrected chi connectivity index (χ4v) is 4.35. The van der Waals surface area contributed by atoms with Gasteiger partial charge in [0.1, 0.15) is 23.2 Å². The van der Waals surface area contributed by atoms with Crippen molar-refractivity contribution in [1.29, 1.82) is 5.26 Å². The minimum atomic E-state index is -0.510. The number of thioether (sulfide) groups is 1. The van der Waals surface area contributed by atoms with Crippen molar-refractivity contribution in [3.63, 3.8) is 0 Å². The number of hydrogen-bond donors (Lipinski definition) is 1. The Morgan fingerprint density at radius 3 is 2.80 bits per heavy atom. The number of Topliss-reactive ketones (excluding diaryl/α,β-unsaturated/α-hetero) is 1. The predicted octanol–water partition coefficient (Wildman–Crippen LogP) is 4.15. The summed E-state index contributed by atoms with van der Waals surface area (Å²) in [5, 5.41) is 10.4. The second-order valence-corrected chi connectivity index (χ2v) is 8.47. The van der Waals surface area contributed by atoms with Gasteiger partial charge in [-0.05, 0) is 24.2 Å². The van der Waals surface area contributed by atoms with Gasteiger partial charge < -0.3 is 14.9 Å². The van der Waals surface area contributed by atoms with Crippen molar-refractivity contribution in [1.82, 2.24) is 0 Å². The standard InChI is InChI=1S/C19H22N2O3S/c1-5-25-18-11(6-10(2)23-18)15-12(9-20)17(21)24-14-8-19(3,4)7-13(22)16(14)15/h6,15H,5,7-8,21H2,1-4H3/t15-/m1/s1. The summed E-state index contributed by atoms with van der Waals surface area (Å²) in [7, 11) is 0. The highest BCUT2D eigenvalue weighted by Gasteiger charge is 2.44. The highest BCUT2D eigenvalue weighted by molar-refractivity contribution is 7.99. The minimum absolute atomic E-state index is 0.0165. The summed E-state index contributed by atoms with van der Waals surface area (Å²) in [6.07, 6.45) is 1.05. The molecule has 132 valence electrons. The molecule has 1 aliphatic heterocycles. The van der Waals surface area contributed by atoms with E-state index in [9.17, 15) is 10.1 Å². The lowest BCUT2D eigenvalue weighted by Crippen LogP contribution is -2.33. The molecule has 1 aromatic heterocycles. The highest BCUT2D eigenvalue weighted by atomic mass is 32.2. The second kappa shape index (κ2) is 6.30. The van der Waals surface area contributed by atoms with Crippen LogP contribution in [0.25, 0.3) is 0 Å². The van der Waals surface area contributed by atoms with Crippen LogP contribution in [0.3, 0.4) is 0 Å². The van der Waals surface area contributed by atoms with E-state index in [4.69, 9.17) is 14.9 Å². The summed E-state index contributed by atoms with van der Waals surface area (Å²) in [4.78, 5) is 12.9. The first-order chi connectivity index (χ1) is 11.8. The van der Waals surface area contributed by atoms with Crippen LogP contribution < -0.4 is 5.73 Å². The molecule has 3 rings (SSSR count). The quantitative estimate of drug-likeness (QED) is 0.816. The van der Waals surface area contributed by atoms with Crippen molar-refractivity contribution < 1.29 is 13.9 Å². The van der Waals surface area contributed by atoms with Gasteiger partial charge in [0.25, 0.3) is 0 Å². The summed E-state index contributed by atoms with van der Waals surface area (Å²) in [6.45, 7) is 7.97. The molecule has 0 saturated heterocycles. The summed E-state index contributed by atoms with van der Waals surface area (Å²) < 4.78 is 11.5. The van der Waals surface area contributed by atoms with Crippen LogP contribution in [0.1, 0.15) is 50.9 Å². The molecule has 2 N–H and O–H groups in total. The monoisotopic (exact) mass is 358 g/mol. The average molecular weight is 358 g/mol. The van der Waals surface area contributed by atoms with Gasteiger partial charge in [-0.2, -0.15) is 5.26 Å². The van der Waals surface area contributed by atoms with E-state index in [-0.39, 0.29) is 22.7 Å². The molecule has 1 aromatic rings. The number of carbonyl (C=O) groups excluding carboxylic acids is 1. The van der Waals surface area contributed by atoms with Crippen LogP contribution in [0.4, 0.5) is 0 Å². The Hall–Kier alpha value is -2.13. The molecule has 0 unspecified atom stereocenters. The van der Waals surface area contributed by atoms with Crippen LogP contribution in [-0.2, 0) is 9.53 Å². The first kappa shape index (κ1) is 17.7. The van der Waals surface area contributed by atoms with Crippen LogP contribution in [0.15, 0.2) is 38.4 Å². The molecule has 1 atom stereocenters. The summed E-state index contributed by atoms with van der Waals surface area (Å²) in [5.74, 6) is 1.76. The van der Waals surface area contributed by atoms with Crippen molar-refractivity contribution in [2.45, 2.75) is 51.5 Å². The minimum Gasteiger partial charge on any atom is -0.455 e. The number of furan rings is 1. The van der Waals surface area contributed by atoms with Gasteiger partial charge >= 0.3 is 0 Å². The third-order valence-electron chi connectivity index (χ3n) is 4.51. The number of nitriles is 1. The molecule has 0 saturated carbocycles. The molecule has 0 aromatic carbocycles. The number of nitrogens with zero attached hydrogens (tertiary/aromatic N) is 1. The van der Waals surface area contributed by atoms with E-state index < -0.39 is 5.92 Å². The number of carbonyl (C=O) groups is 1. The first-order valence-electron chi connectivity index (χ1n) is 8.34. The Labute approximate surface area is 151 Å². The van der Waals surface area contributed by atoms with Crippen LogP contribution in [0, 0.1) is 23.7 Å². The van der Waals surface area contributed by atoms with E-state index in [0.29, 0.717) is 24.2 Å². The Morgan fingerprint density at radius 2 is 2.16 bits per heavy atom. The van der Waals surface area contributed by atoms with Crippen molar-refractivity contribution in [2.75, 3.05) is 5.75 Å². The number of aryl methyl sites for hydroxylation is 1. The van der Waals surface area contributed by atoms with E-state index in [1.807, 2.05) is 33.8 Å². The molecule has 0 fully saturated rings. The van der Waals surface area contributed by atoms with Gasteiger partial charge in [-0.25, -0.2) is 0 Å². The molecule has 5 nitrogen and oxygen atoms in total. The second-order valence-electron chi connectivity index (χ2n) is 7.24. The van der Waals surface area contributed by atoms with Gasteiger partial charge in [0.05, 0.1) is 5.92 Å². The van der Waals surface area contributed by atoms with Gasteiger partial charge in [-0.3, -0.25) is 4.79 Å². The van der Waals surface area contributed by atoms with Crippen LogP contribution in [-0.4, -0.2) is 11.5 Å². The number of ketones is 1. The fraction of sp³-hybridized carbons (Fsp3) is 0.474. The fourth-order valence-electron chi connectivity index (χ4n) is 3.55. The Morgan fingerprint density at radius 1 is 1.44 bits per heavy atom. The number of ether oxygens (including phenoxy) is 1. The van der Waals surface area contributed by atoms with Crippen molar-refractivity contribution in [3.05, 3.63) is 40.2 Å². The normalized spacial score (nSPS) is 22.5. The number of nitrogens with two attached hydrogens (primary N) is 1. The van der Waals surface area contributed by atoms with Crippen molar-refractivity contribution in [2.24, 2.45) is 11.1 Å². The maximum atomic E-state index is 12.9. The molecule has 1 aliphatic carbocycles. The number of allylic oxidation sites excluding steroid dienone is 3. The van der Waals surface area contributed by atoms with Gasteiger partial charge in [0.15, 0.2) is 10.9 Å². The van der Waals surface area contributed by atoms with E-state index >= 15 is 0 Å². The first-order valence-corrected chi connectivity index (χ1v) is 9.33. The lowest BCUT2D eigenvalue weighted by atomic mass is 9.70. The topological polar surface area (TPSA) is 89.2 Å². The smallest absolute Gasteiger partial charge is 0.205 e. The summed E-state index contributed by atoms with van der Waals surface area (Å²) in [6, 6.07) is 4.05. The van der Waals surface area contributed by atoms with E-state index in [1.54, 1.807) is 11.8 Å². The summed E-state index contributed by atoms with van der Waals surface area (Å²) >= 11 is 1.56. The van der Waals surface area contributed by atoms with E-state index in [2.05, 4.69) is 6.07 Å². The van der Waals surface area contributed by atoms with Gasteiger partial charge in [0, 0.05) is 24.0 Å². The van der Waals surface area contributed by atoms with Crippen LogP contribution >= 0.6 is 11.8 Å². The zero-order valence-electron chi connectivity index (χ0n) is 14.9. The molecule has 6 heteroatoms. The Kier molecular flexibility index (Phi) is 4.46. The molecular weight excluding hydrogens is 336 g/mol. The maximum absolute atomic E-state index is 12.9.